The van der Waals surface area contributed by atoms with E-state index < -0.39 is 5.97 Å². The van der Waals surface area contributed by atoms with Crippen LogP contribution in [0.5, 0.6) is 5.75 Å². The van der Waals surface area contributed by atoms with Crippen molar-refractivity contribution in [3.05, 3.63) is 59.1 Å². The van der Waals surface area contributed by atoms with Crippen LogP contribution in [0.25, 0.3) is 0 Å². The molecule has 2 N–H and O–H groups in total. The highest BCUT2D eigenvalue weighted by atomic mass is 35.5. The van der Waals surface area contributed by atoms with Crippen LogP contribution in [0.1, 0.15) is 18.5 Å². The second-order valence-electron chi connectivity index (χ2n) is 4.74. The zero-order valence-corrected chi connectivity index (χ0v) is 12.3. The first kappa shape index (κ1) is 15.2. The van der Waals surface area contributed by atoms with Crippen molar-refractivity contribution in [1.82, 2.24) is 0 Å². The van der Waals surface area contributed by atoms with Crippen LogP contribution in [0.2, 0.25) is 5.02 Å². The molecule has 0 saturated carbocycles. The summed E-state index contributed by atoms with van der Waals surface area (Å²) in [4.78, 5) is 12.8. The molecule has 4 nitrogen and oxygen atoms in total. The predicted molar refractivity (Wildman–Crippen MR) is 83.0 cm³/mol. The number of aromatic hydroxyl groups is 1. The minimum absolute atomic E-state index is 0.141. The molecule has 0 heterocycles. The Hall–Kier alpha value is -2.20. The third kappa shape index (κ3) is 3.67. The molecule has 0 aliphatic carbocycles. The number of halogens is 1. The lowest BCUT2D eigenvalue weighted by Crippen LogP contribution is -2.32. The topological polar surface area (TPSA) is 60.8 Å². The summed E-state index contributed by atoms with van der Waals surface area (Å²) in [6.07, 6.45) is 0. The Bertz CT molecular complexity index is 645. The van der Waals surface area contributed by atoms with Gasteiger partial charge in [-0.25, -0.2) is 0 Å². The van der Waals surface area contributed by atoms with Gasteiger partial charge in [0.25, 0.3) is 0 Å². The van der Waals surface area contributed by atoms with Crippen LogP contribution in [-0.2, 0) is 4.79 Å². The SMILES string of the molecule is CC(c1ccccc1O)N(CC(=O)O)c1cccc(Cl)c1. The third-order valence-electron chi connectivity index (χ3n) is 3.30. The van der Waals surface area contributed by atoms with E-state index in [1.807, 2.05) is 13.0 Å². The Morgan fingerprint density at radius 2 is 1.95 bits per heavy atom. The molecule has 1 unspecified atom stereocenters. The standard InChI is InChI=1S/C16H16ClNO3/c1-11(14-7-2-3-8-15(14)19)18(10-16(20)21)13-6-4-5-12(17)9-13/h2-9,11,19H,10H2,1H3,(H,20,21). The molecular weight excluding hydrogens is 290 g/mol. The minimum atomic E-state index is -0.947. The molecule has 0 amide bonds. The Labute approximate surface area is 128 Å². The first-order chi connectivity index (χ1) is 9.99. The van der Waals surface area contributed by atoms with E-state index in [0.29, 0.717) is 16.3 Å². The van der Waals surface area contributed by atoms with Gasteiger partial charge < -0.3 is 15.1 Å². The average molecular weight is 306 g/mol. The van der Waals surface area contributed by atoms with Gasteiger partial charge in [0.05, 0.1) is 6.04 Å². The molecule has 0 bridgehead atoms. The van der Waals surface area contributed by atoms with E-state index in [-0.39, 0.29) is 18.3 Å². The van der Waals surface area contributed by atoms with Crippen molar-refractivity contribution in [3.8, 4) is 5.75 Å². The highest BCUT2D eigenvalue weighted by Gasteiger charge is 2.21. The largest absolute Gasteiger partial charge is 0.508 e. The first-order valence-corrected chi connectivity index (χ1v) is 6.88. The number of hydrogen-bond donors (Lipinski definition) is 2. The van der Waals surface area contributed by atoms with Crippen LogP contribution in [-0.4, -0.2) is 22.7 Å². The predicted octanol–water partition coefficient (Wildman–Crippen LogP) is 3.70. The molecule has 0 radical (unpaired) electrons. The highest BCUT2D eigenvalue weighted by molar-refractivity contribution is 6.30. The summed E-state index contributed by atoms with van der Waals surface area (Å²) in [7, 11) is 0. The van der Waals surface area contributed by atoms with Gasteiger partial charge in [-0.2, -0.15) is 0 Å². The highest BCUT2D eigenvalue weighted by Crippen LogP contribution is 2.32. The fourth-order valence-electron chi connectivity index (χ4n) is 2.26. The molecule has 0 aliphatic heterocycles. The van der Waals surface area contributed by atoms with Gasteiger partial charge >= 0.3 is 5.97 Å². The van der Waals surface area contributed by atoms with Gasteiger partial charge in [0.1, 0.15) is 12.3 Å². The number of phenols is 1. The number of benzene rings is 2. The van der Waals surface area contributed by atoms with Crippen LogP contribution in [0.15, 0.2) is 48.5 Å². The molecule has 0 aromatic heterocycles. The van der Waals surface area contributed by atoms with Gasteiger partial charge in [0.15, 0.2) is 0 Å². The molecule has 0 spiro atoms. The Morgan fingerprint density at radius 3 is 2.57 bits per heavy atom. The maximum atomic E-state index is 11.2. The van der Waals surface area contributed by atoms with Crippen molar-refractivity contribution in [1.29, 1.82) is 0 Å². The fraction of sp³-hybridized carbons (Fsp3) is 0.188. The van der Waals surface area contributed by atoms with Gasteiger partial charge in [-0.05, 0) is 31.2 Å². The van der Waals surface area contributed by atoms with Crippen LogP contribution in [0.4, 0.5) is 5.69 Å². The van der Waals surface area contributed by atoms with E-state index in [2.05, 4.69) is 0 Å². The first-order valence-electron chi connectivity index (χ1n) is 6.51. The van der Waals surface area contributed by atoms with Crippen molar-refractivity contribution in [3.63, 3.8) is 0 Å². The molecule has 2 aromatic carbocycles. The number of nitrogens with zero attached hydrogens (tertiary/aromatic N) is 1. The fourth-order valence-corrected chi connectivity index (χ4v) is 2.45. The van der Waals surface area contributed by atoms with Crippen molar-refractivity contribution < 1.29 is 15.0 Å². The van der Waals surface area contributed by atoms with E-state index >= 15 is 0 Å². The number of carboxylic acid groups (broad SMARTS) is 1. The summed E-state index contributed by atoms with van der Waals surface area (Å²) in [5, 5.41) is 19.6. The monoisotopic (exact) mass is 305 g/mol. The number of carboxylic acids is 1. The lowest BCUT2D eigenvalue weighted by Gasteiger charge is -2.30. The average Bonchev–Trinajstić information content (AvgIpc) is 2.44. The number of rotatable bonds is 5. The number of aliphatic carboxylic acids is 1. The molecule has 0 fully saturated rings. The van der Waals surface area contributed by atoms with Crippen molar-refractivity contribution in [2.24, 2.45) is 0 Å². The van der Waals surface area contributed by atoms with Crippen LogP contribution in [0.3, 0.4) is 0 Å². The maximum absolute atomic E-state index is 11.2. The van der Waals surface area contributed by atoms with Crippen LogP contribution < -0.4 is 4.90 Å². The number of carbonyl (C=O) groups is 1. The Kier molecular flexibility index (Phi) is 4.70. The van der Waals surface area contributed by atoms with E-state index in [1.54, 1.807) is 47.4 Å². The Balaban J connectivity index is 2.40. The summed E-state index contributed by atoms with van der Waals surface area (Å²) in [6.45, 7) is 1.66. The van der Waals surface area contributed by atoms with E-state index in [0.717, 1.165) is 0 Å². The van der Waals surface area contributed by atoms with Crippen LogP contribution in [0, 0.1) is 0 Å². The molecule has 5 heteroatoms. The van der Waals surface area contributed by atoms with Crippen molar-refractivity contribution in [2.75, 3.05) is 11.4 Å². The summed E-state index contributed by atoms with van der Waals surface area (Å²) < 4.78 is 0. The van der Waals surface area contributed by atoms with Crippen molar-refractivity contribution >= 4 is 23.3 Å². The van der Waals surface area contributed by atoms with Crippen molar-refractivity contribution in [2.45, 2.75) is 13.0 Å². The van der Waals surface area contributed by atoms with Gasteiger partial charge in [-0.15, -0.1) is 0 Å². The number of hydrogen-bond acceptors (Lipinski definition) is 3. The van der Waals surface area contributed by atoms with Gasteiger partial charge in [0.2, 0.25) is 0 Å². The lowest BCUT2D eigenvalue weighted by molar-refractivity contribution is -0.135. The summed E-state index contributed by atoms with van der Waals surface area (Å²) in [6, 6.07) is 13.6. The van der Waals surface area contributed by atoms with Gasteiger partial charge in [-0.3, -0.25) is 4.79 Å². The molecule has 110 valence electrons. The molecule has 1 atom stereocenters. The maximum Gasteiger partial charge on any atom is 0.323 e. The number of anilines is 1. The summed E-state index contributed by atoms with van der Waals surface area (Å²) in [5.74, 6) is -0.806. The quantitative estimate of drug-likeness (QED) is 0.884. The second-order valence-corrected chi connectivity index (χ2v) is 5.17. The van der Waals surface area contributed by atoms with E-state index in [9.17, 15) is 9.90 Å². The molecular formula is C16H16ClNO3. The zero-order valence-electron chi connectivity index (χ0n) is 11.5. The lowest BCUT2D eigenvalue weighted by atomic mass is 10.0. The molecule has 0 saturated heterocycles. The molecule has 2 rings (SSSR count). The molecule has 21 heavy (non-hydrogen) atoms. The van der Waals surface area contributed by atoms with Crippen LogP contribution >= 0.6 is 11.6 Å². The molecule has 0 aliphatic rings. The van der Waals surface area contributed by atoms with E-state index in [4.69, 9.17) is 16.7 Å². The second kappa shape index (κ2) is 6.50. The summed E-state index contributed by atoms with van der Waals surface area (Å²) >= 11 is 5.98. The smallest absolute Gasteiger partial charge is 0.323 e. The van der Waals surface area contributed by atoms with Gasteiger partial charge in [-0.1, -0.05) is 35.9 Å². The Morgan fingerprint density at radius 1 is 1.24 bits per heavy atom. The van der Waals surface area contributed by atoms with E-state index in [1.165, 1.54) is 0 Å². The molecule has 2 aromatic rings. The van der Waals surface area contributed by atoms with Gasteiger partial charge in [0, 0.05) is 16.3 Å². The number of phenolic OH excluding ortho intramolecular Hbond substituents is 1. The third-order valence-corrected chi connectivity index (χ3v) is 3.53. The normalized spacial score (nSPS) is 11.9. The number of para-hydroxylation sites is 1. The summed E-state index contributed by atoms with van der Waals surface area (Å²) in [5.41, 5.74) is 1.36. The zero-order chi connectivity index (χ0) is 15.4. The minimum Gasteiger partial charge on any atom is -0.508 e.